The molecule has 0 saturated carbocycles. The molecule has 6 heteroatoms. The number of pyridine rings is 1. The first kappa shape index (κ1) is 13.1. The zero-order valence-electron chi connectivity index (χ0n) is 11.3. The molecule has 2 heterocycles. The van der Waals surface area contributed by atoms with Gasteiger partial charge in [-0.2, -0.15) is 5.10 Å². The number of hydrazone groups is 1. The highest BCUT2D eigenvalue weighted by Crippen LogP contribution is 2.34. The number of hydrogen-bond acceptors (Lipinski definition) is 5. The van der Waals surface area contributed by atoms with Crippen molar-refractivity contribution < 1.29 is 14.3 Å². The van der Waals surface area contributed by atoms with Gasteiger partial charge in [0.05, 0.1) is 6.21 Å². The van der Waals surface area contributed by atoms with E-state index in [0.29, 0.717) is 17.2 Å². The molecule has 0 saturated heterocycles. The Labute approximate surface area is 121 Å². The first-order valence-electron chi connectivity index (χ1n) is 6.44. The third-order valence-electron chi connectivity index (χ3n) is 2.83. The van der Waals surface area contributed by atoms with E-state index in [4.69, 9.17) is 9.47 Å². The van der Waals surface area contributed by atoms with Crippen molar-refractivity contribution in [2.45, 2.75) is 13.2 Å². The quantitative estimate of drug-likeness (QED) is 0.690. The largest absolute Gasteiger partial charge is 0.451 e. The van der Waals surface area contributed by atoms with Crippen LogP contribution < -0.4 is 14.9 Å². The van der Waals surface area contributed by atoms with Gasteiger partial charge < -0.3 is 9.47 Å². The monoisotopic (exact) mass is 283 g/mol. The standard InChI is InChI=1S/C15H13N3O3/c1-10-20-13-6-5-11(8-14(13)21-10)9-17-18-15(19)12-4-2-3-7-16-12/h2-10H,1H3,(H,18,19). The summed E-state index contributed by atoms with van der Waals surface area (Å²) in [6.45, 7) is 1.82. The Bertz CT molecular complexity index is 686. The number of fused-ring (bicyclic) bond motifs is 1. The molecular formula is C15H13N3O3. The van der Waals surface area contributed by atoms with E-state index in [-0.39, 0.29) is 12.2 Å². The molecule has 1 amide bonds. The van der Waals surface area contributed by atoms with Crippen LogP contribution in [0.5, 0.6) is 11.5 Å². The molecule has 0 aliphatic carbocycles. The maximum Gasteiger partial charge on any atom is 0.289 e. The molecule has 106 valence electrons. The smallest absolute Gasteiger partial charge is 0.289 e. The second-order valence-corrected chi connectivity index (χ2v) is 4.42. The fourth-order valence-corrected chi connectivity index (χ4v) is 1.90. The van der Waals surface area contributed by atoms with Crippen LogP contribution >= 0.6 is 0 Å². The van der Waals surface area contributed by atoms with Crippen molar-refractivity contribution >= 4 is 12.1 Å². The Morgan fingerprint density at radius 1 is 1.29 bits per heavy atom. The van der Waals surface area contributed by atoms with Crippen LogP contribution in [0.4, 0.5) is 0 Å². The molecule has 3 rings (SSSR count). The van der Waals surface area contributed by atoms with Gasteiger partial charge in [0.15, 0.2) is 11.5 Å². The van der Waals surface area contributed by atoms with Crippen molar-refractivity contribution in [2.24, 2.45) is 5.10 Å². The summed E-state index contributed by atoms with van der Waals surface area (Å²) < 4.78 is 10.9. The highest BCUT2D eigenvalue weighted by Gasteiger charge is 2.19. The van der Waals surface area contributed by atoms with E-state index in [2.05, 4.69) is 15.5 Å². The SMILES string of the molecule is CC1Oc2ccc(C=NNC(=O)c3ccccn3)cc2O1. The molecule has 6 nitrogen and oxygen atoms in total. The van der Waals surface area contributed by atoms with E-state index in [1.54, 1.807) is 36.5 Å². The molecule has 0 bridgehead atoms. The lowest BCUT2D eigenvalue weighted by Crippen LogP contribution is -2.18. The van der Waals surface area contributed by atoms with Gasteiger partial charge in [0, 0.05) is 13.1 Å². The zero-order chi connectivity index (χ0) is 14.7. The molecule has 0 fully saturated rings. The number of nitrogens with one attached hydrogen (secondary N) is 1. The van der Waals surface area contributed by atoms with Crippen LogP contribution in [0, 0.1) is 0 Å². The summed E-state index contributed by atoms with van der Waals surface area (Å²) >= 11 is 0. The van der Waals surface area contributed by atoms with Crippen LogP contribution in [0.25, 0.3) is 0 Å². The lowest BCUT2D eigenvalue weighted by Gasteiger charge is -2.00. The first-order chi connectivity index (χ1) is 10.2. The molecule has 0 spiro atoms. The van der Waals surface area contributed by atoms with Crippen LogP contribution in [0.15, 0.2) is 47.7 Å². The number of benzene rings is 1. The molecule has 0 radical (unpaired) electrons. The molecule has 2 aromatic rings. The summed E-state index contributed by atoms with van der Waals surface area (Å²) in [4.78, 5) is 15.7. The predicted molar refractivity (Wildman–Crippen MR) is 76.5 cm³/mol. The normalized spacial score (nSPS) is 16.1. The summed E-state index contributed by atoms with van der Waals surface area (Å²) in [5.41, 5.74) is 3.53. The second kappa shape index (κ2) is 5.62. The highest BCUT2D eigenvalue weighted by atomic mass is 16.7. The van der Waals surface area contributed by atoms with E-state index >= 15 is 0 Å². The third kappa shape index (κ3) is 3.00. The van der Waals surface area contributed by atoms with Gasteiger partial charge in [0.2, 0.25) is 6.29 Å². The van der Waals surface area contributed by atoms with Gasteiger partial charge in [-0.15, -0.1) is 0 Å². The minimum Gasteiger partial charge on any atom is -0.451 e. The summed E-state index contributed by atoms with van der Waals surface area (Å²) in [5.74, 6) is 1.01. The number of carbonyl (C=O) groups is 1. The van der Waals surface area contributed by atoms with Gasteiger partial charge in [0.25, 0.3) is 5.91 Å². The number of amides is 1. The minimum absolute atomic E-state index is 0.281. The minimum atomic E-state index is -0.360. The number of nitrogens with zero attached hydrogens (tertiary/aromatic N) is 2. The summed E-state index contributed by atoms with van der Waals surface area (Å²) in [5, 5.41) is 3.90. The molecule has 1 aromatic heterocycles. The Morgan fingerprint density at radius 2 is 2.14 bits per heavy atom. The number of ether oxygens (including phenoxy) is 2. The summed E-state index contributed by atoms with van der Waals surface area (Å²) in [6, 6.07) is 10.5. The van der Waals surface area contributed by atoms with Crippen LogP contribution in [-0.4, -0.2) is 23.4 Å². The highest BCUT2D eigenvalue weighted by molar-refractivity contribution is 5.93. The van der Waals surface area contributed by atoms with Crippen molar-refractivity contribution in [3.63, 3.8) is 0 Å². The number of rotatable bonds is 3. The van der Waals surface area contributed by atoms with E-state index in [1.165, 1.54) is 6.21 Å². The third-order valence-corrected chi connectivity index (χ3v) is 2.83. The predicted octanol–water partition coefficient (Wildman–Crippen LogP) is 1.96. The van der Waals surface area contributed by atoms with E-state index in [1.807, 2.05) is 13.0 Å². The van der Waals surface area contributed by atoms with E-state index in [0.717, 1.165) is 5.56 Å². The molecule has 1 atom stereocenters. The van der Waals surface area contributed by atoms with E-state index in [9.17, 15) is 4.79 Å². The molecule has 1 unspecified atom stereocenters. The zero-order valence-corrected chi connectivity index (χ0v) is 11.3. The lowest BCUT2D eigenvalue weighted by atomic mass is 10.2. The Kier molecular flexibility index (Phi) is 3.51. The fourth-order valence-electron chi connectivity index (χ4n) is 1.90. The molecule has 21 heavy (non-hydrogen) atoms. The molecule has 1 aliphatic rings. The van der Waals surface area contributed by atoms with Crippen molar-refractivity contribution in [2.75, 3.05) is 0 Å². The molecule has 1 aromatic carbocycles. The maximum atomic E-state index is 11.7. The Morgan fingerprint density at radius 3 is 2.95 bits per heavy atom. The Hall–Kier alpha value is -2.89. The average Bonchev–Trinajstić information content (AvgIpc) is 2.87. The summed E-state index contributed by atoms with van der Waals surface area (Å²) in [7, 11) is 0. The van der Waals surface area contributed by atoms with Crippen LogP contribution in [0.2, 0.25) is 0 Å². The van der Waals surface area contributed by atoms with Gasteiger partial charge in [-0.3, -0.25) is 9.78 Å². The fraction of sp³-hybridized carbons (Fsp3) is 0.133. The van der Waals surface area contributed by atoms with Gasteiger partial charge >= 0.3 is 0 Å². The number of carbonyl (C=O) groups excluding carboxylic acids is 1. The topological polar surface area (TPSA) is 72.8 Å². The second-order valence-electron chi connectivity index (χ2n) is 4.42. The number of hydrogen-bond donors (Lipinski definition) is 1. The molecule has 1 aliphatic heterocycles. The van der Waals surface area contributed by atoms with Crippen molar-refractivity contribution in [1.29, 1.82) is 0 Å². The Balaban J connectivity index is 1.65. The van der Waals surface area contributed by atoms with E-state index < -0.39 is 0 Å². The lowest BCUT2D eigenvalue weighted by molar-refractivity contribution is 0.0678. The summed E-state index contributed by atoms with van der Waals surface area (Å²) in [6.07, 6.45) is 2.81. The van der Waals surface area contributed by atoms with Gasteiger partial charge in [0.1, 0.15) is 5.69 Å². The van der Waals surface area contributed by atoms with Crippen LogP contribution in [0.3, 0.4) is 0 Å². The van der Waals surface area contributed by atoms with Crippen molar-refractivity contribution in [1.82, 2.24) is 10.4 Å². The van der Waals surface area contributed by atoms with Crippen LogP contribution in [0.1, 0.15) is 23.0 Å². The maximum absolute atomic E-state index is 11.7. The molecular weight excluding hydrogens is 270 g/mol. The average molecular weight is 283 g/mol. The number of aromatic nitrogens is 1. The first-order valence-corrected chi connectivity index (χ1v) is 6.44. The van der Waals surface area contributed by atoms with Crippen LogP contribution in [-0.2, 0) is 0 Å². The van der Waals surface area contributed by atoms with Gasteiger partial charge in [-0.1, -0.05) is 6.07 Å². The van der Waals surface area contributed by atoms with Crippen molar-refractivity contribution in [3.05, 3.63) is 53.9 Å². The van der Waals surface area contributed by atoms with Crippen molar-refractivity contribution in [3.8, 4) is 11.5 Å². The molecule has 1 N–H and O–H groups in total. The van der Waals surface area contributed by atoms with Gasteiger partial charge in [-0.05, 0) is 35.9 Å². The van der Waals surface area contributed by atoms with Gasteiger partial charge in [-0.25, -0.2) is 5.43 Å².